The molecule has 4 rings (SSSR count). The molecule has 0 aliphatic carbocycles. The molecule has 7 nitrogen and oxygen atoms in total. The summed E-state index contributed by atoms with van der Waals surface area (Å²) in [4.78, 5) is 25.3. The van der Waals surface area contributed by atoms with Gasteiger partial charge >= 0.3 is 0 Å². The molecule has 2 atom stereocenters. The molecule has 30 heavy (non-hydrogen) atoms. The number of hydrogen-bond donors (Lipinski definition) is 2. The molecule has 0 saturated carbocycles. The third kappa shape index (κ3) is 3.68. The fraction of sp³-hybridized carbons (Fsp3) is 0.273. The van der Waals surface area contributed by atoms with Crippen molar-refractivity contribution < 1.29 is 29.1 Å². The van der Waals surface area contributed by atoms with Crippen molar-refractivity contribution in [1.29, 1.82) is 0 Å². The number of aryl methyl sites for hydroxylation is 1. The first-order chi connectivity index (χ1) is 14.4. The zero-order valence-corrected chi connectivity index (χ0v) is 17.8. The summed E-state index contributed by atoms with van der Waals surface area (Å²) in [5, 5.41) is 22.1. The van der Waals surface area contributed by atoms with Crippen molar-refractivity contribution in [3.63, 3.8) is 0 Å². The Morgan fingerprint density at radius 1 is 1.33 bits per heavy atom. The highest BCUT2D eigenvalue weighted by Gasteiger charge is 2.31. The Morgan fingerprint density at radius 2 is 2.10 bits per heavy atom. The molecule has 8 heteroatoms. The monoisotopic (exact) mass is 473 g/mol. The van der Waals surface area contributed by atoms with Gasteiger partial charge in [-0.15, -0.1) is 0 Å². The smallest absolute Gasteiger partial charge is 0.235 e. The Balaban J connectivity index is 1.78. The molecule has 2 heterocycles. The maximum Gasteiger partial charge on any atom is 0.235 e. The quantitative estimate of drug-likeness (QED) is 0.583. The molecule has 1 aliphatic heterocycles. The van der Waals surface area contributed by atoms with E-state index in [4.69, 9.17) is 9.15 Å². The highest BCUT2D eigenvalue weighted by Crippen LogP contribution is 2.33. The van der Waals surface area contributed by atoms with E-state index in [-0.39, 0.29) is 40.2 Å². The molecule has 1 aliphatic rings. The van der Waals surface area contributed by atoms with Crippen LogP contribution in [0.5, 0.6) is 17.2 Å². The van der Waals surface area contributed by atoms with Crippen molar-refractivity contribution in [3.8, 4) is 17.2 Å². The van der Waals surface area contributed by atoms with Crippen molar-refractivity contribution in [3.05, 3.63) is 62.4 Å². The molecule has 1 saturated heterocycles. The van der Waals surface area contributed by atoms with E-state index in [1.807, 2.05) is 6.07 Å². The van der Waals surface area contributed by atoms with Gasteiger partial charge in [0.15, 0.2) is 5.58 Å². The molecule has 2 aromatic carbocycles. The van der Waals surface area contributed by atoms with Crippen LogP contribution in [-0.2, 0) is 11.3 Å². The van der Waals surface area contributed by atoms with Gasteiger partial charge in [0.25, 0.3) is 0 Å². The molecule has 3 aromatic rings. The first-order valence-electron chi connectivity index (χ1n) is 9.63. The van der Waals surface area contributed by atoms with Crippen LogP contribution in [0.15, 0.2) is 50.1 Å². The largest absolute Gasteiger partial charge is 0.544 e. The molecule has 1 aromatic heterocycles. The molecule has 0 spiro atoms. The molecular weight excluding hydrogens is 454 g/mol. The zero-order chi connectivity index (χ0) is 21.4. The second-order valence-electron chi connectivity index (χ2n) is 7.39. The molecule has 156 valence electrons. The van der Waals surface area contributed by atoms with Crippen LogP contribution < -0.4 is 20.2 Å². The number of quaternary nitrogens is 1. The number of carboxylic acid groups (broad SMARTS) is 1. The number of benzene rings is 2. The van der Waals surface area contributed by atoms with E-state index in [0.717, 1.165) is 11.3 Å². The Morgan fingerprint density at radius 3 is 2.83 bits per heavy atom. The van der Waals surface area contributed by atoms with Gasteiger partial charge in [-0.2, -0.15) is 0 Å². The molecule has 2 N–H and O–H groups in total. The summed E-state index contributed by atoms with van der Waals surface area (Å²) < 4.78 is 12.4. The van der Waals surface area contributed by atoms with Crippen molar-refractivity contribution in [1.82, 2.24) is 0 Å². The lowest BCUT2D eigenvalue weighted by atomic mass is 10.1. The molecule has 1 fully saturated rings. The van der Waals surface area contributed by atoms with E-state index in [9.17, 15) is 19.8 Å². The number of carbonyl (C=O) groups excluding carboxylic acids is 1. The predicted octanol–water partition coefficient (Wildman–Crippen LogP) is 1.66. The zero-order valence-electron chi connectivity index (χ0n) is 16.2. The van der Waals surface area contributed by atoms with Crippen LogP contribution in [0.25, 0.3) is 11.0 Å². The van der Waals surface area contributed by atoms with Gasteiger partial charge in [0, 0.05) is 12.8 Å². The van der Waals surface area contributed by atoms with Crippen molar-refractivity contribution in [2.24, 2.45) is 0 Å². The summed E-state index contributed by atoms with van der Waals surface area (Å²) in [5.41, 5.74) is 0.287. The van der Waals surface area contributed by atoms with Gasteiger partial charge in [-0.3, -0.25) is 4.79 Å². The average Bonchev–Trinajstić information content (AvgIpc) is 3.17. The minimum absolute atomic E-state index is 0.0407. The number of para-hydroxylation sites is 1. The number of carboxylic acids is 1. The summed E-state index contributed by atoms with van der Waals surface area (Å²) in [7, 11) is 0. The Labute approximate surface area is 180 Å². The Kier molecular flexibility index (Phi) is 5.53. The van der Waals surface area contributed by atoms with Crippen molar-refractivity contribution in [2.75, 3.05) is 6.54 Å². The van der Waals surface area contributed by atoms with Crippen LogP contribution in [0.1, 0.15) is 24.2 Å². The number of nitrogens with one attached hydrogen (secondary N) is 1. The van der Waals surface area contributed by atoms with Crippen LogP contribution in [0.4, 0.5) is 0 Å². The number of aliphatic carboxylic acids is 1. The molecule has 1 unspecified atom stereocenters. The van der Waals surface area contributed by atoms with Gasteiger partial charge in [-0.25, -0.2) is 0 Å². The fourth-order valence-electron chi connectivity index (χ4n) is 3.96. The van der Waals surface area contributed by atoms with Crippen molar-refractivity contribution >= 4 is 32.9 Å². The lowest BCUT2D eigenvalue weighted by Gasteiger charge is -2.23. The lowest BCUT2D eigenvalue weighted by molar-refractivity contribution is -0.919. The van der Waals surface area contributed by atoms with Gasteiger partial charge in [-0.1, -0.05) is 12.1 Å². The van der Waals surface area contributed by atoms with Gasteiger partial charge in [0.2, 0.25) is 11.2 Å². The minimum atomic E-state index is -1.11. The van der Waals surface area contributed by atoms with E-state index in [0.29, 0.717) is 28.8 Å². The third-order valence-electron chi connectivity index (χ3n) is 5.48. The number of likely N-dealkylation sites (tertiary alicyclic amines) is 1. The van der Waals surface area contributed by atoms with E-state index in [2.05, 4.69) is 15.9 Å². The summed E-state index contributed by atoms with van der Waals surface area (Å²) >= 11 is 3.39. The summed E-state index contributed by atoms with van der Waals surface area (Å²) in [5.74, 6) is -0.343. The number of phenolic OH excluding ortho intramolecular Hbond substituents is 1. The van der Waals surface area contributed by atoms with Gasteiger partial charge in [0.05, 0.1) is 27.9 Å². The number of halogens is 1. The second-order valence-corrected chi connectivity index (χ2v) is 8.24. The van der Waals surface area contributed by atoms with Crippen LogP contribution in [0.2, 0.25) is 0 Å². The SMILES string of the molecule is Cc1oc2c(C[NH+]3CCC[C@H]3C(=O)[O-])c(O)ccc2c(=O)c1Oc1ccccc1Br. The topological polar surface area (TPSA) is 104 Å². The molecule has 0 radical (unpaired) electrons. The fourth-order valence-corrected chi connectivity index (χ4v) is 4.32. The second kappa shape index (κ2) is 8.12. The van der Waals surface area contributed by atoms with Crippen LogP contribution in [0, 0.1) is 6.92 Å². The van der Waals surface area contributed by atoms with Crippen LogP contribution in [-0.4, -0.2) is 23.7 Å². The molecular formula is C22H20BrNO6. The maximum absolute atomic E-state index is 13.1. The van der Waals surface area contributed by atoms with E-state index >= 15 is 0 Å². The van der Waals surface area contributed by atoms with E-state index in [1.54, 1.807) is 25.1 Å². The van der Waals surface area contributed by atoms with Crippen LogP contribution in [0.3, 0.4) is 0 Å². The van der Waals surface area contributed by atoms with Gasteiger partial charge < -0.3 is 29.1 Å². The van der Waals surface area contributed by atoms with Crippen LogP contribution >= 0.6 is 15.9 Å². The normalized spacial score (nSPS) is 18.6. The number of rotatable bonds is 5. The highest BCUT2D eigenvalue weighted by molar-refractivity contribution is 9.10. The Bertz CT molecular complexity index is 1190. The Hall–Kier alpha value is -2.84. The van der Waals surface area contributed by atoms with Crippen molar-refractivity contribution in [2.45, 2.75) is 32.4 Å². The highest BCUT2D eigenvalue weighted by atomic mass is 79.9. The predicted molar refractivity (Wildman–Crippen MR) is 111 cm³/mol. The van der Waals surface area contributed by atoms with E-state index < -0.39 is 12.0 Å². The summed E-state index contributed by atoms with van der Waals surface area (Å²) in [6.45, 7) is 2.48. The third-order valence-corrected chi connectivity index (χ3v) is 6.14. The average molecular weight is 474 g/mol. The van der Waals surface area contributed by atoms with E-state index in [1.165, 1.54) is 12.1 Å². The van der Waals surface area contributed by atoms with Gasteiger partial charge in [-0.05, 0) is 47.1 Å². The maximum atomic E-state index is 13.1. The number of carbonyl (C=O) groups is 1. The minimum Gasteiger partial charge on any atom is -0.544 e. The number of hydrogen-bond acceptors (Lipinski definition) is 6. The number of phenols is 1. The summed E-state index contributed by atoms with van der Waals surface area (Å²) in [6, 6.07) is 9.42. The first-order valence-corrected chi connectivity index (χ1v) is 10.4. The number of aromatic hydroxyl groups is 1. The van der Waals surface area contributed by atoms with Gasteiger partial charge in [0.1, 0.15) is 29.8 Å². The molecule has 0 bridgehead atoms. The molecule has 0 amide bonds. The first kappa shape index (κ1) is 20.4. The number of ether oxygens (including phenoxy) is 1. The standard InChI is InChI=1S/C22H20BrNO6/c1-12-20(30-18-7-3-2-5-15(18)23)19(26)13-8-9-17(25)14(21(13)29-12)11-24-10-4-6-16(24)22(27)28/h2-3,5,7-9,16,25H,4,6,10-11H2,1H3,(H,27,28)/t16-/m0/s1. The number of fused-ring (bicyclic) bond motifs is 1. The summed E-state index contributed by atoms with van der Waals surface area (Å²) in [6.07, 6.45) is 1.28. The lowest BCUT2D eigenvalue weighted by Crippen LogP contribution is -3.14.